The van der Waals surface area contributed by atoms with Crippen LogP contribution in [0.3, 0.4) is 0 Å². The second kappa shape index (κ2) is 7.77. The molecule has 0 spiro atoms. The van der Waals surface area contributed by atoms with Gasteiger partial charge >= 0.3 is 0 Å². The Morgan fingerprint density at radius 2 is 1.96 bits per heavy atom. The smallest absolute Gasteiger partial charge is 0.237 e. The average Bonchev–Trinajstić information content (AvgIpc) is 3.04. The molecule has 1 heterocycles. The van der Waals surface area contributed by atoms with Gasteiger partial charge in [0.25, 0.3) is 0 Å². The van der Waals surface area contributed by atoms with E-state index in [0.29, 0.717) is 13.1 Å². The van der Waals surface area contributed by atoms with Crippen molar-refractivity contribution in [1.82, 2.24) is 10.2 Å². The van der Waals surface area contributed by atoms with Crippen LogP contribution in [0, 0.1) is 5.82 Å². The van der Waals surface area contributed by atoms with Crippen molar-refractivity contribution < 1.29 is 9.18 Å². The first-order valence-electron chi connectivity index (χ1n) is 8.13. The molecular formula is C19H20ClFN2O. The van der Waals surface area contributed by atoms with Gasteiger partial charge in [0.2, 0.25) is 5.91 Å². The maximum absolute atomic E-state index is 12.9. The summed E-state index contributed by atoms with van der Waals surface area (Å²) in [6.07, 6.45) is 1.85. The lowest BCUT2D eigenvalue weighted by Gasteiger charge is -2.24. The second-order valence-corrected chi connectivity index (χ2v) is 6.47. The van der Waals surface area contributed by atoms with Gasteiger partial charge in [0, 0.05) is 18.1 Å². The van der Waals surface area contributed by atoms with Crippen molar-refractivity contribution in [2.75, 3.05) is 6.54 Å². The van der Waals surface area contributed by atoms with Crippen LogP contribution in [0.5, 0.6) is 0 Å². The Morgan fingerprint density at radius 1 is 1.21 bits per heavy atom. The summed E-state index contributed by atoms with van der Waals surface area (Å²) in [4.78, 5) is 14.7. The van der Waals surface area contributed by atoms with Crippen LogP contribution >= 0.6 is 11.6 Å². The molecule has 5 heteroatoms. The van der Waals surface area contributed by atoms with Crippen molar-refractivity contribution in [2.24, 2.45) is 0 Å². The number of rotatable bonds is 5. The number of hydrogen-bond donors (Lipinski definition) is 1. The van der Waals surface area contributed by atoms with E-state index in [1.165, 1.54) is 12.1 Å². The lowest BCUT2D eigenvalue weighted by atomic mass is 10.1. The Morgan fingerprint density at radius 3 is 2.71 bits per heavy atom. The molecule has 0 unspecified atom stereocenters. The van der Waals surface area contributed by atoms with E-state index in [9.17, 15) is 9.18 Å². The average molecular weight is 347 g/mol. The van der Waals surface area contributed by atoms with Gasteiger partial charge in [-0.05, 0) is 48.7 Å². The van der Waals surface area contributed by atoms with Crippen LogP contribution in [0.15, 0.2) is 48.5 Å². The number of carbonyl (C=O) groups is 1. The first kappa shape index (κ1) is 16.9. The van der Waals surface area contributed by atoms with E-state index < -0.39 is 0 Å². The normalized spacial score (nSPS) is 17.8. The number of halogens is 2. The molecule has 0 saturated carbocycles. The molecule has 1 aliphatic rings. The lowest BCUT2D eigenvalue weighted by molar-refractivity contribution is -0.125. The maximum atomic E-state index is 12.9. The minimum absolute atomic E-state index is 0.0175. The molecule has 3 nitrogen and oxygen atoms in total. The number of amides is 1. The predicted octanol–water partition coefficient (Wildman–Crippen LogP) is 3.76. The molecule has 1 amide bonds. The number of nitrogens with zero attached hydrogens (tertiary/aromatic N) is 1. The molecule has 1 saturated heterocycles. The Kier molecular flexibility index (Phi) is 5.48. The van der Waals surface area contributed by atoms with Crippen LogP contribution in [0.1, 0.15) is 24.0 Å². The van der Waals surface area contributed by atoms with Crippen LogP contribution in [-0.4, -0.2) is 23.4 Å². The highest BCUT2D eigenvalue weighted by molar-refractivity contribution is 6.31. The number of nitrogens with one attached hydrogen (secondary N) is 1. The van der Waals surface area contributed by atoms with Crippen LogP contribution in [0.2, 0.25) is 5.02 Å². The molecular weight excluding hydrogens is 327 g/mol. The van der Waals surface area contributed by atoms with Crippen molar-refractivity contribution in [3.8, 4) is 0 Å². The summed E-state index contributed by atoms with van der Waals surface area (Å²) in [7, 11) is 0. The quantitative estimate of drug-likeness (QED) is 0.894. The van der Waals surface area contributed by atoms with Crippen LogP contribution < -0.4 is 5.32 Å². The van der Waals surface area contributed by atoms with Gasteiger partial charge in [-0.3, -0.25) is 9.69 Å². The number of benzene rings is 2. The third-order valence-corrected chi connectivity index (χ3v) is 4.75. The number of hydrogen-bond acceptors (Lipinski definition) is 2. The molecule has 0 aromatic heterocycles. The minimum atomic E-state index is -0.271. The van der Waals surface area contributed by atoms with Crippen LogP contribution in [0.25, 0.3) is 0 Å². The van der Waals surface area contributed by atoms with Gasteiger partial charge in [-0.1, -0.05) is 41.9 Å². The Balaban J connectivity index is 1.59. The van der Waals surface area contributed by atoms with Crippen LogP contribution in [-0.2, 0) is 17.9 Å². The van der Waals surface area contributed by atoms with Crippen LogP contribution in [0.4, 0.5) is 4.39 Å². The molecule has 0 radical (unpaired) electrons. The fraction of sp³-hybridized carbons (Fsp3) is 0.316. The van der Waals surface area contributed by atoms with E-state index >= 15 is 0 Å². The molecule has 1 N–H and O–H groups in total. The van der Waals surface area contributed by atoms with Gasteiger partial charge in [0.15, 0.2) is 0 Å². The van der Waals surface area contributed by atoms with Crippen molar-refractivity contribution in [2.45, 2.75) is 32.0 Å². The zero-order valence-corrected chi connectivity index (χ0v) is 14.1. The lowest BCUT2D eigenvalue weighted by Crippen LogP contribution is -2.42. The molecule has 0 aliphatic carbocycles. The first-order valence-corrected chi connectivity index (χ1v) is 8.51. The zero-order chi connectivity index (χ0) is 16.9. The van der Waals surface area contributed by atoms with E-state index in [1.807, 2.05) is 24.3 Å². The first-order chi connectivity index (χ1) is 11.6. The second-order valence-electron chi connectivity index (χ2n) is 6.06. The van der Waals surface area contributed by atoms with Crippen molar-refractivity contribution >= 4 is 17.5 Å². The largest absolute Gasteiger partial charge is 0.351 e. The highest BCUT2D eigenvalue weighted by Crippen LogP contribution is 2.23. The summed E-state index contributed by atoms with van der Waals surface area (Å²) in [5.74, 6) is -0.254. The molecule has 3 rings (SSSR count). The molecule has 1 fully saturated rings. The zero-order valence-electron chi connectivity index (χ0n) is 13.3. The van der Waals surface area contributed by atoms with E-state index in [1.54, 1.807) is 12.1 Å². The van der Waals surface area contributed by atoms with Crippen molar-refractivity contribution in [1.29, 1.82) is 0 Å². The monoisotopic (exact) mass is 346 g/mol. The summed E-state index contributed by atoms with van der Waals surface area (Å²) in [5, 5.41) is 3.69. The third-order valence-electron chi connectivity index (χ3n) is 4.38. The van der Waals surface area contributed by atoms with E-state index in [4.69, 9.17) is 11.6 Å². The minimum Gasteiger partial charge on any atom is -0.351 e. The van der Waals surface area contributed by atoms with Gasteiger partial charge in [-0.25, -0.2) is 4.39 Å². The SMILES string of the molecule is O=C(NCc1ccc(F)cc1)[C@H]1CCCN1Cc1ccccc1Cl. The summed E-state index contributed by atoms with van der Waals surface area (Å²) < 4.78 is 12.9. The Bertz CT molecular complexity index is 705. The third kappa shape index (κ3) is 4.13. The van der Waals surface area contributed by atoms with Gasteiger partial charge in [-0.15, -0.1) is 0 Å². The Hall–Kier alpha value is -1.91. The highest BCUT2D eigenvalue weighted by Gasteiger charge is 2.30. The summed E-state index contributed by atoms with van der Waals surface area (Å²) in [5.41, 5.74) is 1.93. The van der Waals surface area contributed by atoms with E-state index in [2.05, 4.69) is 10.2 Å². The topological polar surface area (TPSA) is 32.3 Å². The molecule has 126 valence electrons. The predicted molar refractivity (Wildman–Crippen MR) is 93.1 cm³/mol. The summed E-state index contributed by atoms with van der Waals surface area (Å²) in [6, 6.07) is 13.8. The van der Waals surface area contributed by atoms with Gasteiger partial charge in [0.05, 0.1) is 6.04 Å². The molecule has 2 aromatic carbocycles. The van der Waals surface area contributed by atoms with Gasteiger partial charge in [0.1, 0.15) is 5.82 Å². The summed E-state index contributed by atoms with van der Waals surface area (Å²) >= 11 is 6.23. The van der Waals surface area contributed by atoms with Gasteiger partial charge < -0.3 is 5.32 Å². The Labute approximate surface area is 146 Å². The van der Waals surface area contributed by atoms with E-state index in [0.717, 1.165) is 35.5 Å². The molecule has 0 bridgehead atoms. The van der Waals surface area contributed by atoms with Gasteiger partial charge in [-0.2, -0.15) is 0 Å². The molecule has 24 heavy (non-hydrogen) atoms. The molecule has 1 aliphatic heterocycles. The molecule has 1 atom stereocenters. The fourth-order valence-electron chi connectivity index (χ4n) is 3.07. The highest BCUT2D eigenvalue weighted by atomic mass is 35.5. The fourth-order valence-corrected chi connectivity index (χ4v) is 3.26. The molecule has 2 aromatic rings. The standard InChI is InChI=1S/C19H20ClFN2O/c20-17-5-2-1-4-15(17)13-23-11-3-6-18(23)19(24)22-12-14-7-9-16(21)10-8-14/h1-2,4-5,7-10,18H,3,6,11-13H2,(H,22,24)/t18-/m1/s1. The number of carbonyl (C=O) groups excluding carboxylic acids is 1. The summed E-state index contributed by atoms with van der Waals surface area (Å²) in [6.45, 7) is 1.98. The number of likely N-dealkylation sites (tertiary alicyclic amines) is 1. The van der Waals surface area contributed by atoms with Crippen molar-refractivity contribution in [3.05, 3.63) is 70.5 Å². The maximum Gasteiger partial charge on any atom is 0.237 e. The van der Waals surface area contributed by atoms with Crippen molar-refractivity contribution in [3.63, 3.8) is 0 Å². The van der Waals surface area contributed by atoms with E-state index in [-0.39, 0.29) is 17.8 Å².